The zero-order valence-electron chi connectivity index (χ0n) is 18.7. The van der Waals surface area contributed by atoms with Crippen molar-refractivity contribution in [3.63, 3.8) is 0 Å². The van der Waals surface area contributed by atoms with E-state index in [9.17, 15) is 14.0 Å². The number of fused-ring (bicyclic) bond motifs is 1. The van der Waals surface area contributed by atoms with Crippen molar-refractivity contribution in [2.24, 2.45) is 0 Å². The Morgan fingerprint density at radius 2 is 2.06 bits per heavy atom. The van der Waals surface area contributed by atoms with Crippen LogP contribution in [0, 0.1) is 5.82 Å². The number of carbonyl (C=O) groups is 2. The van der Waals surface area contributed by atoms with Crippen LogP contribution in [0.25, 0.3) is 10.9 Å². The van der Waals surface area contributed by atoms with Gasteiger partial charge in [0.15, 0.2) is 11.6 Å². The second-order valence-electron chi connectivity index (χ2n) is 7.13. The van der Waals surface area contributed by atoms with E-state index in [1.165, 1.54) is 19.5 Å². The van der Waals surface area contributed by atoms with Crippen molar-refractivity contribution in [2.75, 3.05) is 44.0 Å². The Labute approximate surface area is 214 Å². The molecule has 3 rings (SSSR count). The molecular weight excluding hydrogens is 545 g/mol. The van der Waals surface area contributed by atoms with Crippen LogP contribution in [0.4, 0.5) is 21.6 Å². The van der Waals surface area contributed by atoms with E-state index in [2.05, 4.69) is 48.4 Å². The number of nitrogens with zero attached hydrogens (tertiary/aromatic N) is 2. The molecule has 3 N–H and O–H groups in total. The van der Waals surface area contributed by atoms with Crippen molar-refractivity contribution in [2.45, 2.75) is 0 Å². The first-order chi connectivity index (χ1) is 16.8. The standard InChI is InChI=1S/C23H22BrClFN5O4/c1-3-20(33)30-18-8-14-17(9-19(18)35-7-6-27-10-13(32)11-34-2)28-12-29-23(14)31-16-5-4-15(24)21(25)22(16)26/h3-5,8-9,12,27H,1,6-7,10-11H2,2H3,(H,30,33)(H,28,29,31). The van der Waals surface area contributed by atoms with E-state index < -0.39 is 11.7 Å². The summed E-state index contributed by atoms with van der Waals surface area (Å²) in [7, 11) is 1.45. The first-order valence-corrected chi connectivity index (χ1v) is 11.5. The maximum Gasteiger partial charge on any atom is 0.247 e. The molecule has 184 valence electrons. The Morgan fingerprint density at radius 1 is 1.26 bits per heavy atom. The van der Waals surface area contributed by atoms with Gasteiger partial charge in [0.25, 0.3) is 0 Å². The van der Waals surface area contributed by atoms with Gasteiger partial charge >= 0.3 is 0 Å². The van der Waals surface area contributed by atoms with Crippen LogP contribution in [0.3, 0.4) is 0 Å². The molecule has 12 heteroatoms. The van der Waals surface area contributed by atoms with Crippen LogP contribution in [-0.4, -0.2) is 55.1 Å². The summed E-state index contributed by atoms with van der Waals surface area (Å²) in [6.07, 6.45) is 2.44. The number of Topliss-reactive ketones (excluding diaryl/α,β-unsaturated/α-hetero) is 1. The third-order valence-corrected chi connectivity index (χ3v) is 5.89. The number of hydrogen-bond acceptors (Lipinski definition) is 8. The van der Waals surface area contributed by atoms with E-state index in [4.69, 9.17) is 21.1 Å². The summed E-state index contributed by atoms with van der Waals surface area (Å²) in [5.74, 6) is -0.539. The van der Waals surface area contributed by atoms with Crippen molar-refractivity contribution in [3.8, 4) is 5.75 Å². The SMILES string of the molecule is C=CC(=O)Nc1cc2c(Nc3ccc(Br)c(Cl)c3F)ncnc2cc1OCCNCC(=O)COC. The van der Waals surface area contributed by atoms with Gasteiger partial charge in [-0.05, 0) is 40.2 Å². The molecule has 0 atom stereocenters. The topological polar surface area (TPSA) is 114 Å². The molecule has 0 aliphatic rings. The summed E-state index contributed by atoms with van der Waals surface area (Å²) >= 11 is 9.17. The molecule has 9 nitrogen and oxygen atoms in total. The lowest BCUT2D eigenvalue weighted by atomic mass is 10.1. The van der Waals surface area contributed by atoms with E-state index in [-0.39, 0.29) is 36.3 Å². The van der Waals surface area contributed by atoms with Gasteiger partial charge in [0.2, 0.25) is 5.91 Å². The summed E-state index contributed by atoms with van der Waals surface area (Å²) in [4.78, 5) is 32.0. The van der Waals surface area contributed by atoms with Crippen molar-refractivity contribution < 1.29 is 23.5 Å². The number of ether oxygens (including phenoxy) is 2. The van der Waals surface area contributed by atoms with Crippen molar-refractivity contribution >= 4 is 67.3 Å². The van der Waals surface area contributed by atoms with Crippen LogP contribution < -0.4 is 20.7 Å². The second-order valence-corrected chi connectivity index (χ2v) is 8.36. The zero-order valence-corrected chi connectivity index (χ0v) is 21.0. The number of carbonyl (C=O) groups excluding carboxylic acids is 2. The Hall–Kier alpha value is -3.12. The van der Waals surface area contributed by atoms with Crippen molar-refractivity contribution in [3.05, 3.63) is 58.6 Å². The number of ketones is 1. The first kappa shape index (κ1) is 26.5. The van der Waals surface area contributed by atoms with Gasteiger partial charge in [-0.1, -0.05) is 18.2 Å². The predicted octanol–water partition coefficient (Wildman–Crippen LogP) is 4.24. The lowest BCUT2D eigenvalue weighted by Gasteiger charge is -2.15. The highest BCUT2D eigenvalue weighted by atomic mass is 79.9. The van der Waals surface area contributed by atoms with Crippen LogP contribution >= 0.6 is 27.5 Å². The predicted molar refractivity (Wildman–Crippen MR) is 136 cm³/mol. The molecule has 0 bridgehead atoms. The number of benzene rings is 2. The molecule has 0 aliphatic heterocycles. The molecule has 0 aliphatic carbocycles. The minimum Gasteiger partial charge on any atom is -0.490 e. The lowest BCUT2D eigenvalue weighted by molar-refractivity contribution is -0.121. The number of nitrogens with one attached hydrogen (secondary N) is 3. The summed E-state index contributed by atoms with van der Waals surface area (Å²) in [5.41, 5.74) is 0.940. The van der Waals surface area contributed by atoms with E-state index >= 15 is 0 Å². The van der Waals surface area contributed by atoms with Gasteiger partial charge < -0.3 is 25.4 Å². The van der Waals surface area contributed by atoms with Crippen LogP contribution in [-0.2, 0) is 14.3 Å². The van der Waals surface area contributed by atoms with Crippen LogP contribution in [0.1, 0.15) is 0 Å². The summed E-state index contributed by atoms with van der Waals surface area (Å²) in [6, 6.07) is 6.36. The van der Waals surface area contributed by atoms with Gasteiger partial charge in [-0.15, -0.1) is 0 Å². The molecule has 0 saturated heterocycles. The normalized spacial score (nSPS) is 10.7. The number of halogens is 3. The molecular formula is C23H22BrClFN5O4. The molecule has 0 fully saturated rings. The quantitative estimate of drug-likeness (QED) is 0.170. The Bertz CT molecular complexity index is 1260. The number of aromatic nitrogens is 2. The largest absolute Gasteiger partial charge is 0.490 e. The maximum absolute atomic E-state index is 14.6. The molecule has 0 radical (unpaired) electrons. The molecule has 1 aromatic heterocycles. The number of rotatable bonds is 12. The minimum absolute atomic E-state index is 0.0305. The summed E-state index contributed by atoms with van der Waals surface area (Å²) in [5, 5.41) is 9.00. The third-order valence-electron chi connectivity index (χ3n) is 4.63. The van der Waals surface area contributed by atoms with Crippen molar-refractivity contribution in [1.82, 2.24) is 15.3 Å². The lowest BCUT2D eigenvalue weighted by Crippen LogP contribution is -2.29. The van der Waals surface area contributed by atoms with Gasteiger partial charge in [0.1, 0.15) is 31.1 Å². The number of methoxy groups -OCH3 is 1. The van der Waals surface area contributed by atoms with Gasteiger partial charge in [0.05, 0.1) is 28.5 Å². The van der Waals surface area contributed by atoms with E-state index in [0.717, 1.165) is 6.08 Å². The summed E-state index contributed by atoms with van der Waals surface area (Å²) < 4.78 is 25.6. The molecule has 1 heterocycles. The average molecular weight is 567 g/mol. The maximum atomic E-state index is 14.6. The van der Waals surface area contributed by atoms with E-state index in [1.54, 1.807) is 18.2 Å². The van der Waals surface area contributed by atoms with E-state index in [0.29, 0.717) is 39.2 Å². The highest BCUT2D eigenvalue weighted by Gasteiger charge is 2.16. The first-order valence-electron chi connectivity index (χ1n) is 10.3. The Kier molecular flexibility index (Phi) is 9.49. The van der Waals surface area contributed by atoms with Gasteiger partial charge in [-0.3, -0.25) is 9.59 Å². The monoisotopic (exact) mass is 565 g/mol. The molecule has 0 saturated carbocycles. The van der Waals surface area contributed by atoms with Crippen molar-refractivity contribution in [1.29, 1.82) is 0 Å². The van der Waals surface area contributed by atoms with Gasteiger partial charge in [-0.25, -0.2) is 14.4 Å². The van der Waals surface area contributed by atoms with Crippen LogP contribution in [0.5, 0.6) is 5.75 Å². The second kappa shape index (κ2) is 12.5. The number of anilines is 3. The van der Waals surface area contributed by atoms with E-state index in [1.807, 2.05) is 0 Å². The highest BCUT2D eigenvalue weighted by molar-refractivity contribution is 9.10. The third kappa shape index (κ3) is 6.95. The van der Waals surface area contributed by atoms with Crippen LogP contribution in [0.15, 0.2) is 47.7 Å². The molecule has 0 unspecified atom stereocenters. The number of amides is 1. The molecule has 2 aromatic carbocycles. The molecule has 3 aromatic rings. The van der Waals surface area contributed by atoms with Crippen LogP contribution in [0.2, 0.25) is 5.02 Å². The fourth-order valence-electron chi connectivity index (χ4n) is 3.01. The molecule has 0 spiro atoms. The fourth-order valence-corrected chi connectivity index (χ4v) is 3.48. The molecule has 1 amide bonds. The minimum atomic E-state index is -0.649. The zero-order chi connectivity index (χ0) is 25.4. The fraction of sp³-hybridized carbons (Fsp3) is 0.217. The summed E-state index contributed by atoms with van der Waals surface area (Å²) in [6.45, 7) is 4.23. The number of hydrogen-bond donors (Lipinski definition) is 3. The van der Waals surface area contributed by atoms with Gasteiger partial charge in [0, 0.05) is 29.6 Å². The highest BCUT2D eigenvalue weighted by Crippen LogP contribution is 2.35. The smallest absolute Gasteiger partial charge is 0.247 e. The van der Waals surface area contributed by atoms with Gasteiger partial charge in [-0.2, -0.15) is 0 Å². The molecule has 35 heavy (non-hydrogen) atoms. The average Bonchev–Trinajstić information content (AvgIpc) is 2.84. The Morgan fingerprint density at radius 3 is 2.80 bits per heavy atom. The Balaban J connectivity index is 1.86.